The number of amides is 1. The third-order valence-corrected chi connectivity index (χ3v) is 3.79. The molecule has 1 amide bonds. The molecule has 3 nitrogen and oxygen atoms in total. The highest BCUT2D eigenvalue weighted by molar-refractivity contribution is 9.10. The Morgan fingerprint density at radius 1 is 1.40 bits per heavy atom. The zero-order valence-corrected chi connectivity index (χ0v) is 12.6. The minimum atomic E-state index is -0.424. The second-order valence-corrected chi connectivity index (χ2v) is 6.04. The number of benzene rings is 1. The first-order valence-corrected chi connectivity index (χ1v) is 7.29. The Morgan fingerprint density at radius 3 is 2.85 bits per heavy atom. The molecule has 5 heteroatoms. The number of hydrogen-bond donors (Lipinski definition) is 1. The fourth-order valence-corrected chi connectivity index (χ4v) is 2.64. The Balaban J connectivity index is 1.87. The van der Waals surface area contributed by atoms with E-state index in [1.54, 1.807) is 18.2 Å². The normalized spacial score (nSPS) is 14.3. The number of nitrogens with one attached hydrogen (secondary N) is 1. The maximum absolute atomic E-state index is 13.7. The lowest BCUT2D eigenvalue weighted by Gasteiger charge is -2.10. The zero-order valence-electron chi connectivity index (χ0n) is 11.0. The van der Waals surface area contributed by atoms with E-state index in [-0.39, 0.29) is 11.6 Å². The standard InChI is InChI=1S/C15H14BrFN2O/c1-9-2-5-12(17)13(6-9)18-15(20)14-7-10(16)8-19(14)11-3-4-11/h2,5-8,11H,3-4H2,1H3,(H,18,20). The summed E-state index contributed by atoms with van der Waals surface area (Å²) in [5.74, 6) is -0.709. The van der Waals surface area contributed by atoms with E-state index in [2.05, 4.69) is 21.2 Å². The van der Waals surface area contributed by atoms with E-state index in [0.717, 1.165) is 22.9 Å². The van der Waals surface area contributed by atoms with Crippen molar-refractivity contribution in [3.63, 3.8) is 0 Å². The number of rotatable bonds is 3. The number of anilines is 1. The molecule has 2 aromatic rings. The average molecular weight is 337 g/mol. The van der Waals surface area contributed by atoms with Crippen LogP contribution in [0.1, 0.15) is 34.9 Å². The maximum Gasteiger partial charge on any atom is 0.272 e. The summed E-state index contributed by atoms with van der Waals surface area (Å²) in [5.41, 5.74) is 1.68. The van der Waals surface area contributed by atoms with Gasteiger partial charge in [-0.1, -0.05) is 6.07 Å². The van der Waals surface area contributed by atoms with Crippen LogP contribution in [0.5, 0.6) is 0 Å². The third-order valence-electron chi connectivity index (χ3n) is 3.36. The van der Waals surface area contributed by atoms with Crippen LogP contribution in [0.15, 0.2) is 34.9 Å². The van der Waals surface area contributed by atoms with E-state index in [1.807, 2.05) is 17.7 Å². The van der Waals surface area contributed by atoms with Crippen LogP contribution in [0, 0.1) is 12.7 Å². The largest absolute Gasteiger partial charge is 0.339 e. The van der Waals surface area contributed by atoms with Crippen LogP contribution >= 0.6 is 15.9 Å². The lowest BCUT2D eigenvalue weighted by Crippen LogP contribution is -2.17. The van der Waals surface area contributed by atoms with Gasteiger partial charge < -0.3 is 9.88 Å². The number of carbonyl (C=O) groups excluding carboxylic acids is 1. The number of aryl methyl sites for hydroxylation is 1. The van der Waals surface area contributed by atoms with Crippen LogP contribution in [0.3, 0.4) is 0 Å². The van der Waals surface area contributed by atoms with Crippen molar-refractivity contribution in [2.45, 2.75) is 25.8 Å². The van der Waals surface area contributed by atoms with Crippen LogP contribution in [0.2, 0.25) is 0 Å². The van der Waals surface area contributed by atoms with E-state index >= 15 is 0 Å². The second kappa shape index (κ2) is 5.05. The monoisotopic (exact) mass is 336 g/mol. The smallest absolute Gasteiger partial charge is 0.272 e. The van der Waals surface area contributed by atoms with E-state index in [9.17, 15) is 9.18 Å². The predicted octanol–water partition coefficient (Wildman–Crippen LogP) is 4.29. The van der Waals surface area contributed by atoms with E-state index in [0.29, 0.717) is 11.7 Å². The highest BCUT2D eigenvalue weighted by Gasteiger charge is 2.28. The molecule has 20 heavy (non-hydrogen) atoms. The van der Waals surface area contributed by atoms with Crippen LogP contribution < -0.4 is 5.32 Å². The van der Waals surface area contributed by atoms with Crippen LogP contribution in [0.4, 0.5) is 10.1 Å². The van der Waals surface area contributed by atoms with Gasteiger partial charge in [0.25, 0.3) is 5.91 Å². The van der Waals surface area contributed by atoms with Gasteiger partial charge >= 0.3 is 0 Å². The molecule has 0 atom stereocenters. The molecular formula is C15H14BrFN2O. The summed E-state index contributed by atoms with van der Waals surface area (Å²) < 4.78 is 16.5. The molecule has 1 fully saturated rings. The van der Waals surface area contributed by atoms with Crippen molar-refractivity contribution < 1.29 is 9.18 Å². The van der Waals surface area contributed by atoms with E-state index in [1.165, 1.54) is 6.07 Å². The van der Waals surface area contributed by atoms with Crippen molar-refractivity contribution in [3.8, 4) is 0 Å². The molecule has 0 spiro atoms. The first-order valence-electron chi connectivity index (χ1n) is 6.49. The summed E-state index contributed by atoms with van der Waals surface area (Å²) in [4.78, 5) is 12.3. The molecule has 0 radical (unpaired) electrons. The summed E-state index contributed by atoms with van der Waals surface area (Å²) in [6, 6.07) is 6.83. The molecule has 0 saturated heterocycles. The second-order valence-electron chi connectivity index (χ2n) is 5.12. The molecular weight excluding hydrogens is 323 g/mol. The van der Waals surface area contributed by atoms with Gasteiger partial charge in [-0.2, -0.15) is 0 Å². The summed E-state index contributed by atoms with van der Waals surface area (Å²) in [7, 11) is 0. The van der Waals surface area contributed by atoms with Gasteiger partial charge in [0.1, 0.15) is 11.5 Å². The quantitative estimate of drug-likeness (QED) is 0.891. The van der Waals surface area contributed by atoms with Crippen LogP contribution in [-0.4, -0.2) is 10.5 Å². The van der Waals surface area contributed by atoms with Gasteiger partial charge in [0.05, 0.1) is 5.69 Å². The van der Waals surface area contributed by atoms with Gasteiger partial charge in [0.2, 0.25) is 0 Å². The van der Waals surface area contributed by atoms with Crippen molar-refractivity contribution in [2.24, 2.45) is 0 Å². The lowest BCUT2D eigenvalue weighted by atomic mass is 10.2. The molecule has 1 aromatic carbocycles. The Bertz CT molecular complexity index is 677. The van der Waals surface area contributed by atoms with Gasteiger partial charge in [-0.3, -0.25) is 4.79 Å². The summed E-state index contributed by atoms with van der Waals surface area (Å²) >= 11 is 3.38. The minimum Gasteiger partial charge on any atom is -0.339 e. The molecule has 0 unspecified atom stereocenters. The van der Waals surface area contributed by atoms with Gasteiger partial charge in [-0.05, 0) is 59.5 Å². The maximum atomic E-state index is 13.7. The highest BCUT2D eigenvalue weighted by atomic mass is 79.9. The Morgan fingerprint density at radius 2 is 2.15 bits per heavy atom. The van der Waals surface area contributed by atoms with Crippen molar-refractivity contribution in [1.82, 2.24) is 4.57 Å². The van der Waals surface area contributed by atoms with E-state index < -0.39 is 5.82 Å². The predicted molar refractivity (Wildman–Crippen MR) is 79.5 cm³/mol. The van der Waals surface area contributed by atoms with Gasteiger partial charge in [-0.25, -0.2) is 4.39 Å². The average Bonchev–Trinajstić information content (AvgIpc) is 3.17. The molecule has 104 valence electrons. The van der Waals surface area contributed by atoms with Crippen LogP contribution in [-0.2, 0) is 0 Å². The topological polar surface area (TPSA) is 34.0 Å². The highest BCUT2D eigenvalue weighted by Crippen LogP contribution is 2.37. The molecule has 1 aliphatic carbocycles. The van der Waals surface area contributed by atoms with Crippen molar-refractivity contribution in [1.29, 1.82) is 0 Å². The summed E-state index contributed by atoms with van der Waals surface area (Å²) in [6.07, 6.45) is 4.07. The first-order chi connectivity index (χ1) is 9.54. The Kier molecular flexibility index (Phi) is 3.38. The first kappa shape index (κ1) is 13.4. The summed E-state index contributed by atoms with van der Waals surface area (Å²) in [6.45, 7) is 1.86. The number of carbonyl (C=O) groups is 1. The zero-order chi connectivity index (χ0) is 14.3. The van der Waals surface area contributed by atoms with Crippen molar-refractivity contribution in [2.75, 3.05) is 5.32 Å². The molecule has 1 heterocycles. The lowest BCUT2D eigenvalue weighted by molar-refractivity contribution is 0.101. The Labute approximate surface area is 124 Å². The molecule has 1 saturated carbocycles. The van der Waals surface area contributed by atoms with Crippen molar-refractivity contribution >= 4 is 27.5 Å². The Hall–Kier alpha value is -1.62. The summed E-state index contributed by atoms with van der Waals surface area (Å²) in [5, 5.41) is 2.65. The minimum absolute atomic E-state index is 0.217. The van der Waals surface area contributed by atoms with Crippen LogP contribution in [0.25, 0.3) is 0 Å². The van der Waals surface area contributed by atoms with Gasteiger partial charge in [0.15, 0.2) is 0 Å². The molecule has 1 aliphatic rings. The van der Waals surface area contributed by atoms with E-state index in [4.69, 9.17) is 0 Å². The molecule has 1 aromatic heterocycles. The number of hydrogen-bond acceptors (Lipinski definition) is 1. The number of nitrogens with zero attached hydrogens (tertiary/aromatic N) is 1. The molecule has 1 N–H and O–H groups in total. The third kappa shape index (κ3) is 2.63. The fourth-order valence-electron chi connectivity index (χ4n) is 2.20. The molecule has 0 bridgehead atoms. The van der Waals surface area contributed by atoms with Gasteiger partial charge in [0, 0.05) is 16.7 Å². The molecule has 0 aliphatic heterocycles. The number of halogens is 2. The number of aromatic nitrogens is 1. The molecule has 3 rings (SSSR count). The fraction of sp³-hybridized carbons (Fsp3) is 0.267. The van der Waals surface area contributed by atoms with Gasteiger partial charge in [-0.15, -0.1) is 0 Å². The SMILES string of the molecule is Cc1ccc(F)c(NC(=O)c2cc(Br)cn2C2CC2)c1. The van der Waals surface area contributed by atoms with Crippen molar-refractivity contribution in [3.05, 3.63) is 52.0 Å².